The molecule has 0 saturated carbocycles. The quantitative estimate of drug-likeness (QED) is 0.0349. The fourth-order valence-corrected chi connectivity index (χ4v) is 8.03. The van der Waals surface area contributed by atoms with Crippen LogP contribution in [0.4, 0.5) is 0 Å². The molecule has 1 heterocycles. The molecule has 2 rings (SSSR count). The molecule has 1 aliphatic heterocycles. The summed E-state index contributed by atoms with van der Waals surface area (Å²) in [5, 5.41) is 36.0. The Morgan fingerprint density at radius 2 is 1.35 bits per heavy atom. The number of carbonyl (C=O) groups excluding carboxylic acids is 7. The van der Waals surface area contributed by atoms with Crippen LogP contribution in [0, 0.1) is 29.6 Å². The lowest BCUT2D eigenvalue weighted by atomic mass is 9.94. The summed E-state index contributed by atoms with van der Waals surface area (Å²) in [6, 6.07) is 1.03. The van der Waals surface area contributed by atoms with Gasteiger partial charge >= 0.3 is 11.9 Å². The van der Waals surface area contributed by atoms with Crippen LogP contribution in [0.15, 0.2) is 71.4 Å². The van der Waals surface area contributed by atoms with Crippen molar-refractivity contribution in [3.05, 3.63) is 72.0 Å². The van der Waals surface area contributed by atoms with Crippen LogP contribution in [0.1, 0.15) is 99.5 Å². The van der Waals surface area contributed by atoms with Gasteiger partial charge in [0.2, 0.25) is 35.4 Å². The topological polar surface area (TPSA) is 343 Å². The van der Waals surface area contributed by atoms with E-state index < -0.39 is 120 Å². The minimum absolute atomic E-state index is 0.00777. The number of guanidine groups is 1. The van der Waals surface area contributed by atoms with Crippen molar-refractivity contribution in [3.8, 4) is 0 Å². The lowest BCUT2D eigenvalue weighted by Gasteiger charge is -2.29. The van der Waals surface area contributed by atoms with Gasteiger partial charge in [-0.05, 0) is 62.8 Å². The number of hydrogen-bond donors (Lipinski definition) is 10. The van der Waals surface area contributed by atoms with Crippen molar-refractivity contribution in [1.82, 2.24) is 36.8 Å². The number of nitrogens with two attached hydrogens (primary N) is 2. The molecule has 0 spiro atoms. The lowest BCUT2D eigenvalue weighted by Crippen LogP contribution is -2.59. The Hall–Kier alpha value is -7.10. The number of benzene rings is 1. The molecular weight excluding hydrogens is 957 g/mol. The number of likely N-dealkylation sites (N-methyl/N-ethyl adjacent to an activating group) is 1. The fraction of sp³-hybridized carbons (Fsp3) is 0.577. The number of methoxy groups -OCH3 is 1. The first-order chi connectivity index (χ1) is 34.7. The molecule has 12 N–H and O–H groups in total. The van der Waals surface area contributed by atoms with Gasteiger partial charge in [0.05, 0.1) is 24.0 Å². The first-order valence-electron chi connectivity index (χ1n) is 24.9. The first kappa shape index (κ1) is 63.0. The number of hydrogen-bond acceptors (Lipinski definition) is 11. The molecule has 1 saturated heterocycles. The Morgan fingerprint density at radius 1 is 0.797 bits per heavy atom. The van der Waals surface area contributed by atoms with E-state index in [2.05, 4.69) is 43.5 Å². The van der Waals surface area contributed by atoms with Crippen LogP contribution < -0.4 is 43.4 Å². The molecule has 0 unspecified atom stereocenters. The summed E-state index contributed by atoms with van der Waals surface area (Å²) >= 11 is 0. The SMILES string of the molecule is C=C1C(=O)N[C@H](CC(C)C)C(=O)N[C@@H](CC(C)C)C(=O)N[C@@H](C(=O)O)[C@H](C)C(=O)N[C@@H](CCCN=C(N)N)C(=O)N[C@@H](/C=C/C(C)=C/[C@H](C)[C@H](Cc2ccccc2)OC)[C@H](C)C(=O)N[C@@H](C(=O)O)CCC(=O)N1C. The average Bonchev–Trinajstić information content (AvgIpc) is 3.33. The van der Waals surface area contributed by atoms with E-state index in [4.69, 9.17) is 16.2 Å². The Kier molecular flexibility index (Phi) is 26.2. The molecule has 0 bridgehead atoms. The molecule has 1 aromatic carbocycles. The molecule has 1 fully saturated rings. The second-order valence-electron chi connectivity index (χ2n) is 19.7. The van der Waals surface area contributed by atoms with Gasteiger partial charge in [-0.15, -0.1) is 0 Å². The summed E-state index contributed by atoms with van der Waals surface area (Å²) in [5.41, 5.74) is 12.4. The molecule has 1 aliphatic rings. The van der Waals surface area contributed by atoms with E-state index in [-0.39, 0.29) is 62.0 Å². The number of allylic oxidation sites excluding steroid dienone is 2. The van der Waals surface area contributed by atoms with Crippen LogP contribution in [0.25, 0.3) is 0 Å². The third-order valence-electron chi connectivity index (χ3n) is 12.5. The second kappa shape index (κ2) is 30.8. The molecular formula is C52H80N10O12. The van der Waals surface area contributed by atoms with E-state index in [0.717, 1.165) is 10.5 Å². The van der Waals surface area contributed by atoms with Gasteiger partial charge in [0.15, 0.2) is 5.96 Å². The predicted molar refractivity (Wildman–Crippen MR) is 278 cm³/mol. The predicted octanol–water partition coefficient (Wildman–Crippen LogP) is 1.64. The Bertz CT molecular complexity index is 2230. The summed E-state index contributed by atoms with van der Waals surface area (Å²) < 4.78 is 5.82. The van der Waals surface area contributed by atoms with Gasteiger partial charge < -0.3 is 63.2 Å². The van der Waals surface area contributed by atoms with E-state index in [1.165, 1.54) is 27.0 Å². The number of ether oxygens (including phenoxy) is 1. The zero-order chi connectivity index (χ0) is 56.0. The van der Waals surface area contributed by atoms with Gasteiger partial charge in [-0.25, -0.2) is 9.59 Å². The third-order valence-corrected chi connectivity index (χ3v) is 12.5. The number of aliphatic carboxylic acids is 2. The Labute approximate surface area is 434 Å². The van der Waals surface area contributed by atoms with Crippen molar-refractivity contribution in [2.75, 3.05) is 20.7 Å². The zero-order valence-electron chi connectivity index (χ0n) is 44.4. The highest BCUT2D eigenvalue weighted by Gasteiger charge is 2.38. The zero-order valence-corrected chi connectivity index (χ0v) is 44.4. The lowest BCUT2D eigenvalue weighted by molar-refractivity contribution is -0.146. The van der Waals surface area contributed by atoms with Gasteiger partial charge in [-0.1, -0.05) is 109 Å². The number of carboxylic acids is 2. The number of aliphatic imine (C=N–C) groups is 1. The summed E-state index contributed by atoms with van der Waals surface area (Å²) in [6.07, 6.45) is 4.71. The highest BCUT2D eigenvalue weighted by atomic mass is 16.5. The number of amides is 7. The van der Waals surface area contributed by atoms with E-state index in [9.17, 15) is 53.4 Å². The maximum atomic E-state index is 14.4. The molecule has 74 heavy (non-hydrogen) atoms. The fourth-order valence-electron chi connectivity index (χ4n) is 8.03. The number of carbonyl (C=O) groups is 9. The molecule has 22 nitrogen and oxygen atoms in total. The molecule has 410 valence electrons. The van der Waals surface area contributed by atoms with Gasteiger partial charge in [0.25, 0.3) is 5.91 Å². The minimum Gasteiger partial charge on any atom is -0.480 e. The Morgan fingerprint density at radius 3 is 1.91 bits per heavy atom. The van der Waals surface area contributed by atoms with Crippen LogP contribution in [0.3, 0.4) is 0 Å². The number of nitrogens with zero attached hydrogens (tertiary/aromatic N) is 2. The summed E-state index contributed by atoms with van der Waals surface area (Å²) in [5.74, 6) is -12.7. The van der Waals surface area contributed by atoms with E-state index in [1.54, 1.807) is 47.8 Å². The standard InChI is InChI=1S/C52H80N10O12/c1-28(2)24-39-48(68)60-40(25-29(3)4)49(69)61-43(51(72)73)33(8)45(65)57-37(18-15-23-55-52(53)54)47(67)56-36(20-19-30(5)26-31(6)41(74-11)27-35-16-13-12-14-17-35)32(7)44(64)58-38(50(70)71)21-22-42(63)62(10)34(9)46(66)59-39/h12-14,16-17,19-20,26,28-29,31-33,36-41,43H,9,15,18,21-25,27H2,1-8,10-11H3,(H,56,67)(H,57,65)(H,58,64)(H,59,66)(H,60,68)(H,61,69)(H,70,71)(H,72,73)(H4,53,54,55)/b20-19+,30-26+/t31-,32-,33-,36-,37-,38+,39+,40-,41-,43+/m0/s1. The van der Waals surface area contributed by atoms with Crippen molar-refractivity contribution in [3.63, 3.8) is 0 Å². The smallest absolute Gasteiger partial charge is 0.327 e. The normalized spacial score (nSPS) is 24.9. The molecule has 0 aliphatic carbocycles. The molecule has 10 atom stereocenters. The van der Waals surface area contributed by atoms with Crippen molar-refractivity contribution in [2.24, 2.45) is 46.0 Å². The second-order valence-corrected chi connectivity index (χ2v) is 19.7. The number of carboxylic acid groups (broad SMARTS) is 2. The largest absolute Gasteiger partial charge is 0.480 e. The highest BCUT2D eigenvalue weighted by molar-refractivity contribution is 6.00. The maximum Gasteiger partial charge on any atom is 0.327 e. The van der Waals surface area contributed by atoms with Crippen LogP contribution >= 0.6 is 0 Å². The van der Waals surface area contributed by atoms with E-state index in [0.29, 0.717) is 12.0 Å². The summed E-state index contributed by atoms with van der Waals surface area (Å²) in [4.78, 5) is 128. The third kappa shape index (κ3) is 21.2. The Balaban J connectivity index is 2.78. The van der Waals surface area contributed by atoms with Crippen LogP contribution in [-0.4, -0.2) is 137 Å². The van der Waals surface area contributed by atoms with Gasteiger partial charge in [-0.2, -0.15) is 0 Å². The van der Waals surface area contributed by atoms with Crippen LogP contribution in [0.2, 0.25) is 0 Å². The van der Waals surface area contributed by atoms with Gasteiger partial charge in [-0.3, -0.25) is 38.6 Å². The highest BCUT2D eigenvalue weighted by Crippen LogP contribution is 2.19. The maximum absolute atomic E-state index is 14.4. The van der Waals surface area contributed by atoms with Gasteiger partial charge in [0, 0.05) is 33.0 Å². The van der Waals surface area contributed by atoms with Crippen molar-refractivity contribution >= 4 is 59.2 Å². The van der Waals surface area contributed by atoms with E-state index in [1.807, 2.05) is 43.3 Å². The number of rotatable bonds is 17. The van der Waals surface area contributed by atoms with Gasteiger partial charge in [0.1, 0.15) is 35.9 Å². The van der Waals surface area contributed by atoms with Crippen LogP contribution in [0.5, 0.6) is 0 Å². The molecule has 7 amide bonds. The first-order valence-corrected chi connectivity index (χ1v) is 24.9. The minimum atomic E-state index is -1.89. The molecule has 0 radical (unpaired) electrons. The number of nitrogens with one attached hydrogen (secondary N) is 6. The van der Waals surface area contributed by atoms with E-state index >= 15 is 0 Å². The monoisotopic (exact) mass is 1040 g/mol. The van der Waals surface area contributed by atoms with Crippen LogP contribution in [-0.2, 0) is 54.3 Å². The van der Waals surface area contributed by atoms with Crippen molar-refractivity contribution in [1.29, 1.82) is 0 Å². The summed E-state index contributed by atoms with van der Waals surface area (Å²) in [6.45, 7) is 17.3. The van der Waals surface area contributed by atoms with Crippen molar-refractivity contribution < 1.29 is 58.1 Å². The molecule has 22 heteroatoms. The molecule has 1 aromatic rings. The van der Waals surface area contributed by atoms with Crippen molar-refractivity contribution in [2.45, 2.75) is 143 Å². The summed E-state index contributed by atoms with van der Waals surface area (Å²) in [7, 11) is 2.85. The molecule has 0 aromatic heterocycles. The average molecular weight is 1040 g/mol.